The lowest BCUT2D eigenvalue weighted by atomic mass is 10.2. The third-order valence-corrected chi connectivity index (χ3v) is 2.63. The SMILES string of the molecule is CN(C)C(=O)CCCOc1ccc(C(F)(F)F)cc1N. The summed E-state index contributed by atoms with van der Waals surface area (Å²) >= 11 is 0. The van der Waals surface area contributed by atoms with E-state index in [0.717, 1.165) is 12.1 Å². The van der Waals surface area contributed by atoms with Crippen LogP contribution in [0.2, 0.25) is 0 Å². The van der Waals surface area contributed by atoms with E-state index in [1.807, 2.05) is 0 Å². The number of carbonyl (C=O) groups is 1. The largest absolute Gasteiger partial charge is 0.491 e. The van der Waals surface area contributed by atoms with Crippen LogP contribution in [0.15, 0.2) is 18.2 Å². The minimum absolute atomic E-state index is 0.0333. The van der Waals surface area contributed by atoms with Crippen LogP contribution in [0.3, 0.4) is 0 Å². The van der Waals surface area contributed by atoms with Crippen LogP contribution >= 0.6 is 0 Å². The normalized spacial score (nSPS) is 11.2. The van der Waals surface area contributed by atoms with Crippen molar-refractivity contribution in [3.63, 3.8) is 0 Å². The molecule has 20 heavy (non-hydrogen) atoms. The minimum atomic E-state index is -4.43. The highest BCUT2D eigenvalue weighted by Crippen LogP contribution is 2.33. The molecule has 1 rings (SSSR count). The first-order valence-electron chi connectivity index (χ1n) is 6.01. The molecule has 0 aromatic heterocycles. The molecule has 0 bridgehead atoms. The van der Waals surface area contributed by atoms with Crippen molar-refractivity contribution in [1.29, 1.82) is 0 Å². The van der Waals surface area contributed by atoms with E-state index in [-0.39, 0.29) is 24.0 Å². The smallest absolute Gasteiger partial charge is 0.416 e. The van der Waals surface area contributed by atoms with Crippen molar-refractivity contribution in [3.05, 3.63) is 23.8 Å². The molecule has 0 saturated carbocycles. The summed E-state index contributed by atoms with van der Waals surface area (Å²) in [4.78, 5) is 12.8. The van der Waals surface area contributed by atoms with E-state index in [9.17, 15) is 18.0 Å². The van der Waals surface area contributed by atoms with Gasteiger partial charge in [-0.15, -0.1) is 0 Å². The maximum Gasteiger partial charge on any atom is 0.416 e. The van der Waals surface area contributed by atoms with Gasteiger partial charge in [-0.1, -0.05) is 0 Å². The fourth-order valence-corrected chi connectivity index (χ4v) is 1.49. The molecule has 1 aromatic carbocycles. The monoisotopic (exact) mass is 290 g/mol. The fourth-order valence-electron chi connectivity index (χ4n) is 1.49. The fraction of sp³-hybridized carbons (Fsp3) is 0.462. The highest BCUT2D eigenvalue weighted by molar-refractivity contribution is 5.75. The van der Waals surface area contributed by atoms with Gasteiger partial charge in [-0.2, -0.15) is 13.2 Å². The number of nitrogen functional groups attached to an aromatic ring is 1. The number of hydrogen-bond acceptors (Lipinski definition) is 3. The van der Waals surface area contributed by atoms with Gasteiger partial charge in [0.1, 0.15) is 5.75 Å². The Morgan fingerprint density at radius 2 is 2.00 bits per heavy atom. The predicted octanol–water partition coefficient (Wildman–Crippen LogP) is 2.53. The Balaban J connectivity index is 2.51. The van der Waals surface area contributed by atoms with Crippen molar-refractivity contribution in [3.8, 4) is 5.75 Å². The van der Waals surface area contributed by atoms with Crippen LogP contribution in [0.5, 0.6) is 5.75 Å². The number of ether oxygens (including phenoxy) is 1. The Bertz CT molecular complexity index is 473. The summed E-state index contributed by atoms with van der Waals surface area (Å²) < 4.78 is 42.6. The Hall–Kier alpha value is -1.92. The molecule has 112 valence electrons. The first-order valence-corrected chi connectivity index (χ1v) is 6.01. The summed E-state index contributed by atoms with van der Waals surface area (Å²) in [5.74, 6) is 0.157. The first kappa shape index (κ1) is 16.1. The lowest BCUT2D eigenvalue weighted by Gasteiger charge is -2.13. The van der Waals surface area contributed by atoms with Crippen LogP contribution < -0.4 is 10.5 Å². The zero-order valence-corrected chi connectivity index (χ0v) is 11.3. The van der Waals surface area contributed by atoms with E-state index in [0.29, 0.717) is 12.8 Å². The quantitative estimate of drug-likeness (QED) is 0.669. The van der Waals surface area contributed by atoms with Crippen LogP contribution in [0, 0.1) is 0 Å². The van der Waals surface area contributed by atoms with Crippen LogP contribution in [0.4, 0.5) is 18.9 Å². The van der Waals surface area contributed by atoms with Crippen molar-refractivity contribution >= 4 is 11.6 Å². The molecule has 0 unspecified atom stereocenters. The lowest BCUT2D eigenvalue weighted by Crippen LogP contribution is -2.21. The molecule has 0 radical (unpaired) electrons. The first-order chi connectivity index (χ1) is 9.21. The van der Waals surface area contributed by atoms with E-state index in [2.05, 4.69) is 0 Å². The molecule has 0 aliphatic rings. The molecule has 0 fully saturated rings. The molecular weight excluding hydrogens is 273 g/mol. The van der Waals surface area contributed by atoms with E-state index < -0.39 is 11.7 Å². The Labute approximate surface area is 115 Å². The van der Waals surface area contributed by atoms with Gasteiger partial charge in [-0.3, -0.25) is 4.79 Å². The van der Waals surface area contributed by atoms with Crippen LogP contribution in [0.1, 0.15) is 18.4 Å². The number of carbonyl (C=O) groups excluding carboxylic acids is 1. The van der Waals surface area contributed by atoms with Crippen molar-refractivity contribution in [2.75, 3.05) is 26.4 Å². The zero-order valence-electron chi connectivity index (χ0n) is 11.3. The second-order valence-corrected chi connectivity index (χ2v) is 4.49. The lowest BCUT2D eigenvalue weighted by molar-refractivity contribution is -0.137. The highest BCUT2D eigenvalue weighted by Gasteiger charge is 2.30. The Morgan fingerprint density at radius 3 is 2.50 bits per heavy atom. The van der Waals surface area contributed by atoms with Gasteiger partial charge < -0.3 is 15.4 Å². The topological polar surface area (TPSA) is 55.6 Å². The van der Waals surface area contributed by atoms with Crippen LogP contribution in [-0.4, -0.2) is 31.5 Å². The number of benzene rings is 1. The Kier molecular flexibility index (Phi) is 5.24. The number of nitrogens with zero attached hydrogens (tertiary/aromatic N) is 1. The average molecular weight is 290 g/mol. The zero-order chi connectivity index (χ0) is 15.3. The van der Waals surface area contributed by atoms with E-state index >= 15 is 0 Å². The maximum atomic E-state index is 12.4. The molecule has 4 nitrogen and oxygen atoms in total. The third-order valence-electron chi connectivity index (χ3n) is 2.63. The van der Waals surface area contributed by atoms with Gasteiger partial charge in [0.2, 0.25) is 5.91 Å². The number of hydrogen-bond donors (Lipinski definition) is 1. The molecule has 7 heteroatoms. The van der Waals surface area contributed by atoms with Gasteiger partial charge in [0.05, 0.1) is 17.9 Å². The van der Waals surface area contributed by atoms with Crippen molar-refractivity contribution in [2.24, 2.45) is 0 Å². The number of rotatable bonds is 5. The molecule has 0 aliphatic heterocycles. The van der Waals surface area contributed by atoms with Crippen LogP contribution in [0.25, 0.3) is 0 Å². The van der Waals surface area contributed by atoms with Gasteiger partial charge in [0.15, 0.2) is 0 Å². The van der Waals surface area contributed by atoms with Gasteiger partial charge in [0, 0.05) is 20.5 Å². The van der Waals surface area contributed by atoms with E-state index in [1.54, 1.807) is 14.1 Å². The summed E-state index contributed by atoms with van der Waals surface area (Å²) in [5.41, 5.74) is 4.62. The highest BCUT2D eigenvalue weighted by atomic mass is 19.4. The molecule has 0 aliphatic carbocycles. The predicted molar refractivity (Wildman–Crippen MR) is 69.3 cm³/mol. The minimum Gasteiger partial charge on any atom is -0.491 e. The molecule has 0 heterocycles. The second kappa shape index (κ2) is 6.49. The van der Waals surface area contributed by atoms with Gasteiger partial charge in [-0.25, -0.2) is 0 Å². The van der Waals surface area contributed by atoms with E-state index in [4.69, 9.17) is 10.5 Å². The number of nitrogens with two attached hydrogens (primary N) is 1. The summed E-state index contributed by atoms with van der Waals surface area (Å²) in [6.45, 7) is 0.217. The van der Waals surface area contributed by atoms with Gasteiger partial charge >= 0.3 is 6.18 Å². The molecule has 0 spiro atoms. The van der Waals surface area contributed by atoms with Crippen molar-refractivity contribution < 1.29 is 22.7 Å². The second-order valence-electron chi connectivity index (χ2n) is 4.49. The number of amides is 1. The molecule has 0 atom stereocenters. The Morgan fingerprint density at radius 1 is 1.35 bits per heavy atom. The van der Waals surface area contributed by atoms with Crippen molar-refractivity contribution in [2.45, 2.75) is 19.0 Å². The number of anilines is 1. The standard InChI is InChI=1S/C13H17F3N2O2/c1-18(2)12(19)4-3-7-20-11-6-5-9(8-10(11)17)13(14,15)16/h5-6,8H,3-4,7,17H2,1-2H3. The van der Waals surface area contributed by atoms with E-state index in [1.165, 1.54) is 11.0 Å². The van der Waals surface area contributed by atoms with Gasteiger partial charge in [0.25, 0.3) is 0 Å². The summed E-state index contributed by atoms with van der Waals surface area (Å²) in [5, 5.41) is 0. The summed E-state index contributed by atoms with van der Waals surface area (Å²) in [6, 6.07) is 2.93. The van der Waals surface area contributed by atoms with Crippen LogP contribution in [-0.2, 0) is 11.0 Å². The molecule has 2 N–H and O–H groups in total. The number of alkyl halides is 3. The van der Waals surface area contributed by atoms with Gasteiger partial charge in [-0.05, 0) is 24.6 Å². The third kappa shape index (κ3) is 4.64. The van der Waals surface area contributed by atoms with Crippen molar-refractivity contribution in [1.82, 2.24) is 4.90 Å². The summed E-state index contributed by atoms with van der Waals surface area (Å²) in [6.07, 6.45) is -3.64. The molecule has 1 aromatic rings. The number of halogens is 3. The molecule has 1 amide bonds. The average Bonchev–Trinajstić information content (AvgIpc) is 2.34. The maximum absolute atomic E-state index is 12.4. The molecular formula is C13H17F3N2O2. The molecule has 0 saturated heterocycles. The summed E-state index contributed by atoms with van der Waals surface area (Å²) in [7, 11) is 3.30.